The van der Waals surface area contributed by atoms with E-state index < -0.39 is 6.10 Å². The molecular weight excluding hydrogens is 266 g/mol. The van der Waals surface area contributed by atoms with Crippen LogP contribution in [0.4, 0.5) is 0 Å². The van der Waals surface area contributed by atoms with Crippen molar-refractivity contribution in [3.63, 3.8) is 0 Å². The summed E-state index contributed by atoms with van der Waals surface area (Å²) in [6, 6.07) is 7.28. The molecule has 0 aromatic heterocycles. The third-order valence-electron chi connectivity index (χ3n) is 3.40. The molecular formula is C14H20ClNO3. The molecule has 0 bridgehead atoms. The van der Waals surface area contributed by atoms with E-state index in [0.717, 1.165) is 25.2 Å². The van der Waals surface area contributed by atoms with E-state index in [9.17, 15) is 5.11 Å². The lowest BCUT2D eigenvalue weighted by molar-refractivity contribution is -0.0551. The minimum absolute atomic E-state index is 0.0518. The smallest absolute Gasteiger partial charge is 0.0932 e. The van der Waals surface area contributed by atoms with E-state index >= 15 is 0 Å². The number of nitrogens with zero attached hydrogens (tertiary/aromatic N) is 1. The number of ether oxygens (including phenoxy) is 1. The molecule has 0 spiro atoms. The van der Waals surface area contributed by atoms with Crippen molar-refractivity contribution < 1.29 is 14.9 Å². The van der Waals surface area contributed by atoms with E-state index in [1.807, 2.05) is 12.1 Å². The van der Waals surface area contributed by atoms with Crippen LogP contribution in [0.1, 0.15) is 18.1 Å². The Balaban J connectivity index is 1.79. The Morgan fingerprint density at radius 3 is 2.79 bits per heavy atom. The number of morpholine rings is 1. The van der Waals surface area contributed by atoms with Crippen molar-refractivity contribution in [3.8, 4) is 0 Å². The predicted octanol–water partition coefficient (Wildman–Crippen LogP) is 1.46. The highest BCUT2D eigenvalue weighted by molar-refractivity contribution is 6.30. The predicted molar refractivity (Wildman–Crippen MR) is 74.3 cm³/mol. The number of hydrogen-bond acceptors (Lipinski definition) is 4. The van der Waals surface area contributed by atoms with Gasteiger partial charge in [0.05, 0.1) is 25.4 Å². The van der Waals surface area contributed by atoms with Gasteiger partial charge in [0.15, 0.2) is 0 Å². The Morgan fingerprint density at radius 1 is 1.37 bits per heavy atom. The van der Waals surface area contributed by atoms with E-state index in [1.165, 1.54) is 0 Å². The van der Waals surface area contributed by atoms with Crippen molar-refractivity contribution in [3.05, 3.63) is 34.9 Å². The van der Waals surface area contributed by atoms with Gasteiger partial charge < -0.3 is 14.9 Å². The lowest BCUT2D eigenvalue weighted by Crippen LogP contribution is -2.44. The minimum Gasteiger partial charge on any atom is -0.394 e. The average molecular weight is 286 g/mol. The maximum atomic E-state index is 10.1. The van der Waals surface area contributed by atoms with Gasteiger partial charge in [-0.2, -0.15) is 0 Å². The molecule has 0 saturated carbocycles. The van der Waals surface area contributed by atoms with Crippen molar-refractivity contribution in [2.24, 2.45) is 0 Å². The molecule has 1 saturated heterocycles. The number of aliphatic hydroxyl groups is 2. The lowest BCUT2D eigenvalue weighted by Gasteiger charge is -2.32. The van der Waals surface area contributed by atoms with E-state index in [2.05, 4.69) is 4.90 Å². The van der Waals surface area contributed by atoms with Crippen molar-refractivity contribution in [2.75, 3.05) is 32.8 Å². The van der Waals surface area contributed by atoms with E-state index in [4.69, 9.17) is 21.4 Å². The molecule has 2 N–H and O–H groups in total. The van der Waals surface area contributed by atoms with Crippen LogP contribution in [0.5, 0.6) is 0 Å². The van der Waals surface area contributed by atoms with Gasteiger partial charge in [0.2, 0.25) is 0 Å². The van der Waals surface area contributed by atoms with Gasteiger partial charge in [-0.1, -0.05) is 23.7 Å². The summed E-state index contributed by atoms with van der Waals surface area (Å²) >= 11 is 5.82. The van der Waals surface area contributed by atoms with E-state index in [1.54, 1.807) is 12.1 Å². The van der Waals surface area contributed by atoms with Crippen molar-refractivity contribution in [2.45, 2.75) is 18.6 Å². The first-order chi connectivity index (χ1) is 9.19. The maximum absolute atomic E-state index is 10.1. The number of benzene rings is 1. The number of hydrogen-bond donors (Lipinski definition) is 2. The van der Waals surface area contributed by atoms with Crippen LogP contribution < -0.4 is 0 Å². The second-order valence-corrected chi connectivity index (χ2v) is 5.27. The minimum atomic E-state index is -0.479. The Labute approximate surface area is 118 Å². The van der Waals surface area contributed by atoms with Gasteiger partial charge in [-0.05, 0) is 24.1 Å². The number of halogens is 1. The molecule has 1 aliphatic rings. The fourth-order valence-corrected chi connectivity index (χ4v) is 2.38. The molecule has 1 fully saturated rings. The number of aliphatic hydroxyl groups excluding tert-OH is 2. The molecule has 0 radical (unpaired) electrons. The van der Waals surface area contributed by atoms with Crippen LogP contribution in [-0.2, 0) is 4.74 Å². The summed E-state index contributed by atoms with van der Waals surface area (Å²) in [5.74, 6) is 0. The van der Waals surface area contributed by atoms with Gasteiger partial charge >= 0.3 is 0 Å². The van der Waals surface area contributed by atoms with Crippen molar-refractivity contribution in [1.82, 2.24) is 4.90 Å². The second kappa shape index (κ2) is 7.22. The van der Waals surface area contributed by atoms with Crippen LogP contribution in [0.25, 0.3) is 0 Å². The molecule has 1 heterocycles. The molecule has 19 heavy (non-hydrogen) atoms. The summed E-state index contributed by atoms with van der Waals surface area (Å²) in [4.78, 5) is 2.21. The van der Waals surface area contributed by atoms with E-state index in [-0.39, 0.29) is 12.7 Å². The summed E-state index contributed by atoms with van der Waals surface area (Å²) in [7, 11) is 0. The molecule has 106 valence electrons. The summed E-state index contributed by atoms with van der Waals surface area (Å²) < 4.78 is 5.39. The Kier molecular flexibility index (Phi) is 5.60. The van der Waals surface area contributed by atoms with Crippen LogP contribution in [0.2, 0.25) is 5.02 Å². The van der Waals surface area contributed by atoms with Gasteiger partial charge in [-0.15, -0.1) is 0 Å². The van der Waals surface area contributed by atoms with Gasteiger partial charge in [-0.3, -0.25) is 4.90 Å². The number of rotatable bonds is 5. The topological polar surface area (TPSA) is 52.9 Å². The van der Waals surface area contributed by atoms with E-state index in [0.29, 0.717) is 18.1 Å². The molecule has 5 heteroatoms. The standard InChI is InChI=1S/C14H20ClNO3/c15-12-3-1-11(2-4-12)14(18)5-6-16-7-8-19-13(9-16)10-17/h1-4,13-14,17-18H,5-10H2. The van der Waals surface area contributed by atoms with Crippen molar-refractivity contribution in [1.29, 1.82) is 0 Å². The largest absolute Gasteiger partial charge is 0.394 e. The van der Waals surface area contributed by atoms with Crippen LogP contribution in [0.3, 0.4) is 0 Å². The monoisotopic (exact) mass is 285 g/mol. The zero-order valence-electron chi connectivity index (χ0n) is 10.8. The maximum Gasteiger partial charge on any atom is 0.0932 e. The fourth-order valence-electron chi connectivity index (χ4n) is 2.25. The van der Waals surface area contributed by atoms with Crippen LogP contribution in [0.15, 0.2) is 24.3 Å². The van der Waals surface area contributed by atoms with Gasteiger partial charge in [0, 0.05) is 24.7 Å². The summed E-state index contributed by atoms with van der Waals surface area (Å²) in [5.41, 5.74) is 0.886. The molecule has 2 unspecified atom stereocenters. The Hall–Kier alpha value is -0.650. The summed E-state index contributed by atoms with van der Waals surface area (Å²) in [5, 5.41) is 19.9. The molecule has 2 rings (SSSR count). The molecule has 0 amide bonds. The normalized spacial score (nSPS) is 22.4. The molecule has 4 nitrogen and oxygen atoms in total. The SMILES string of the molecule is OCC1CN(CCC(O)c2ccc(Cl)cc2)CCO1. The Bertz CT molecular complexity index is 385. The van der Waals surface area contributed by atoms with Gasteiger partial charge in [0.1, 0.15) is 0 Å². The van der Waals surface area contributed by atoms with Crippen molar-refractivity contribution >= 4 is 11.6 Å². The quantitative estimate of drug-likeness (QED) is 0.860. The first kappa shape index (κ1) is 14.8. The molecule has 0 aliphatic carbocycles. The molecule has 1 aromatic rings. The first-order valence-corrected chi connectivity index (χ1v) is 6.95. The average Bonchev–Trinajstić information content (AvgIpc) is 2.46. The molecule has 1 aliphatic heterocycles. The third-order valence-corrected chi connectivity index (χ3v) is 3.65. The second-order valence-electron chi connectivity index (χ2n) is 4.83. The van der Waals surface area contributed by atoms with Crippen LogP contribution >= 0.6 is 11.6 Å². The first-order valence-electron chi connectivity index (χ1n) is 6.57. The highest BCUT2D eigenvalue weighted by Crippen LogP contribution is 2.20. The van der Waals surface area contributed by atoms with Crippen LogP contribution in [0, 0.1) is 0 Å². The summed E-state index contributed by atoms with van der Waals surface area (Å²) in [6.45, 7) is 3.07. The van der Waals surface area contributed by atoms with Gasteiger partial charge in [0.25, 0.3) is 0 Å². The highest BCUT2D eigenvalue weighted by atomic mass is 35.5. The fraction of sp³-hybridized carbons (Fsp3) is 0.571. The van der Waals surface area contributed by atoms with Crippen LogP contribution in [-0.4, -0.2) is 54.1 Å². The molecule has 2 atom stereocenters. The Morgan fingerprint density at radius 2 is 2.11 bits per heavy atom. The zero-order chi connectivity index (χ0) is 13.7. The lowest BCUT2D eigenvalue weighted by atomic mass is 10.1. The highest BCUT2D eigenvalue weighted by Gasteiger charge is 2.20. The molecule has 1 aromatic carbocycles. The zero-order valence-corrected chi connectivity index (χ0v) is 11.6. The summed E-state index contributed by atoms with van der Waals surface area (Å²) in [6.07, 6.45) is 0.0916. The van der Waals surface area contributed by atoms with Gasteiger partial charge in [-0.25, -0.2) is 0 Å². The third kappa shape index (κ3) is 4.44.